The molecule has 38 heavy (non-hydrogen) atoms. The molecule has 0 bridgehead atoms. The molecule has 2 aliphatic rings. The number of aromatic nitrogens is 5. The molecule has 2 N–H and O–H groups in total. The van der Waals surface area contributed by atoms with Crippen molar-refractivity contribution in [1.29, 1.82) is 0 Å². The number of halogens is 2. The molecular weight excluding hydrogens is 494 g/mol. The normalized spacial score (nSPS) is 16.4. The lowest BCUT2D eigenvalue weighted by molar-refractivity contribution is -0.0337. The van der Waals surface area contributed by atoms with Crippen LogP contribution in [0, 0.1) is 0 Å². The highest BCUT2D eigenvalue weighted by Gasteiger charge is 2.30. The van der Waals surface area contributed by atoms with Gasteiger partial charge < -0.3 is 15.5 Å². The van der Waals surface area contributed by atoms with Crippen LogP contribution < -0.4 is 10.6 Å². The Kier molecular flexibility index (Phi) is 10.1. The van der Waals surface area contributed by atoms with E-state index in [0.717, 1.165) is 12.0 Å². The second-order valence-corrected chi connectivity index (χ2v) is 9.41. The van der Waals surface area contributed by atoms with Crippen molar-refractivity contribution in [3.8, 4) is 0 Å². The van der Waals surface area contributed by atoms with Crippen molar-refractivity contribution in [2.24, 2.45) is 0 Å². The van der Waals surface area contributed by atoms with Gasteiger partial charge in [-0.15, -0.1) is 0 Å². The van der Waals surface area contributed by atoms with Gasteiger partial charge in [0.05, 0.1) is 24.6 Å². The van der Waals surface area contributed by atoms with Gasteiger partial charge in [-0.25, -0.2) is 23.1 Å². The third kappa shape index (κ3) is 7.72. The minimum absolute atomic E-state index is 0.0627. The lowest BCUT2D eigenvalue weighted by atomic mass is 9.97. The summed E-state index contributed by atoms with van der Waals surface area (Å²) in [7, 11) is 0. The molecule has 5 rings (SSSR count). The van der Waals surface area contributed by atoms with Gasteiger partial charge in [0.25, 0.3) is 5.91 Å². The molecule has 0 unspecified atom stereocenters. The number of hydrogen-bond acceptors (Lipinski definition) is 5. The van der Waals surface area contributed by atoms with Crippen LogP contribution in [0.4, 0.5) is 13.6 Å². The molecular formula is C26H38F2N8O2. The van der Waals surface area contributed by atoms with Crippen molar-refractivity contribution in [3.63, 3.8) is 0 Å². The smallest absolute Gasteiger partial charge is 0.317 e. The zero-order chi connectivity index (χ0) is 27.7. The van der Waals surface area contributed by atoms with Gasteiger partial charge >= 0.3 is 6.03 Å². The number of nitrogens with one attached hydrogen (secondary N) is 2. The fraction of sp³-hybridized carbons (Fsp3) is 0.577. The molecule has 1 saturated carbocycles. The van der Waals surface area contributed by atoms with E-state index in [1.807, 2.05) is 33.8 Å². The Balaban J connectivity index is 0.000000339. The minimum atomic E-state index is -2.32. The lowest BCUT2D eigenvalue weighted by Gasteiger charge is -2.20. The zero-order valence-electron chi connectivity index (χ0n) is 22.6. The summed E-state index contributed by atoms with van der Waals surface area (Å²) in [4.78, 5) is 30.4. The average molecular weight is 533 g/mol. The third-order valence-electron chi connectivity index (χ3n) is 6.15. The van der Waals surface area contributed by atoms with E-state index in [4.69, 9.17) is 0 Å². The van der Waals surface area contributed by atoms with Gasteiger partial charge in [0.2, 0.25) is 5.92 Å². The second-order valence-electron chi connectivity index (χ2n) is 9.41. The summed E-state index contributed by atoms with van der Waals surface area (Å²) in [6.07, 6.45) is 7.78. The van der Waals surface area contributed by atoms with E-state index in [9.17, 15) is 18.4 Å². The maximum absolute atomic E-state index is 12.4. The number of rotatable bonds is 6. The highest BCUT2D eigenvalue weighted by molar-refractivity contribution is 5.92. The first-order valence-electron chi connectivity index (χ1n) is 13.3. The van der Waals surface area contributed by atoms with E-state index in [-0.39, 0.29) is 37.4 Å². The Labute approximate surface area is 221 Å². The SMILES string of the molecule is CC.CC(C)n1nccc1C(=O)NCc1cn2ncc(CN3CCNC3=O)cc2n1.FC1(F)CCCCC1. The molecule has 4 heterocycles. The monoisotopic (exact) mass is 532 g/mol. The summed E-state index contributed by atoms with van der Waals surface area (Å²) in [6, 6.07) is 3.64. The van der Waals surface area contributed by atoms with E-state index < -0.39 is 5.92 Å². The van der Waals surface area contributed by atoms with Crippen molar-refractivity contribution in [3.05, 3.63) is 47.7 Å². The number of hydrogen-bond donors (Lipinski definition) is 2. The summed E-state index contributed by atoms with van der Waals surface area (Å²) >= 11 is 0. The predicted molar refractivity (Wildman–Crippen MR) is 140 cm³/mol. The molecule has 1 aliphatic carbocycles. The zero-order valence-corrected chi connectivity index (χ0v) is 22.6. The molecule has 0 spiro atoms. The van der Waals surface area contributed by atoms with Crippen LogP contribution in [0.1, 0.15) is 87.6 Å². The molecule has 1 aliphatic heterocycles. The fourth-order valence-corrected chi connectivity index (χ4v) is 4.25. The Morgan fingerprint density at radius 2 is 1.92 bits per heavy atom. The largest absolute Gasteiger partial charge is 0.345 e. The van der Waals surface area contributed by atoms with Gasteiger partial charge in [-0.1, -0.05) is 20.3 Å². The molecule has 208 valence electrons. The van der Waals surface area contributed by atoms with Crippen LogP contribution in [0.2, 0.25) is 0 Å². The summed E-state index contributed by atoms with van der Waals surface area (Å²) in [5, 5.41) is 14.2. The van der Waals surface area contributed by atoms with Crippen LogP contribution in [-0.4, -0.2) is 60.2 Å². The Hall–Kier alpha value is -3.57. The summed E-state index contributed by atoms with van der Waals surface area (Å²) in [6.45, 7) is 10.1. The molecule has 12 heteroatoms. The first-order chi connectivity index (χ1) is 18.2. The van der Waals surface area contributed by atoms with Gasteiger partial charge in [0, 0.05) is 44.7 Å². The fourth-order valence-electron chi connectivity index (χ4n) is 4.25. The van der Waals surface area contributed by atoms with E-state index in [1.54, 1.807) is 38.8 Å². The van der Waals surface area contributed by atoms with Crippen molar-refractivity contribution in [2.45, 2.75) is 84.9 Å². The molecule has 3 amide bonds. The first-order valence-corrected chi connectivity index (χ1v) is 13.3. The molecule has 10 nitrogen and oxygen atoms in total. The number of urea groups is 1. The molecule has 0 atom stereocenters. The number of nitrogens with zero attached hydrogens (tertiary/aromatic N) is 6. The van der Waals surface area contributed by atoms with Gasteiger partial charge in [0.15, 0.2) is 5.65 Å². The molecule has 0 aromatic carbocycles. The number of fused-ring (bicyclic) bond motifs is 1. The second kappa shape index (κ2) is 13.3. The summed E-state index contributed by atoms with van der Waals surface area (Å²) < 4.78 is 27.8. The molecule has 0 radical (unpaired) electrons. The van der Waals surface area contributed by atoms with E-state index in [2.05, 4.69) is 25.8 Å². The number of carbonyl (C=O) groups is 2. The maximum atomic E-state index is 12.4. The van der Waals surface area contributed by atoms with Gasteiger partial charge in [-0.2, -0.15) is 10.2 Å². The summed E-state index contributed by atoms with van der Waals surface area (Å²) in [5.41, 5.74) is 2.80. The quantitative estimate of drug-likeness (QED) is 0.483. The van der Waals surface area contributed by atoms with Crippen LogP contribution in [0.5, 0.6) is 0 Å². The number of imidazole rings is 1. The average Bonchev–Trinajstić information content (AvgIpc) is 3.64. The van der Waals surface area contributed by atoms with E-state index in [1.165, 1.54) is 0 Å². The number of alkyl halides is 2. The van der Waals surface area contributed by atoms with Crippen LogP contribution in [0.25, 0.3) is 5.65 Å². The number of amides is 3. The van der Waals surface area contributed by atoms with Crippen molar-refractivity contribution >= 4 is 17.6 Å². The summed E-state index contributed by atoms with van der Waals surface area (Å²) in [5.74, 6) is -2.52. The first kappa shape index (κ1) is 29.0. The van der Waals surface area contributed by atoms with Crippen molar-refractivity contribution in [1.82, 2.24) is 39.9 Å². The topological polar surface area (TPSA) is 109 Å². The van der Waals surface area contributed by atoms with Crippen LogP contribution in [0.15, 0.2) is 30.7 Å². The van der Waals surface area contributed by atoms with Gasteiger partial charge in [-0.3, -0.25) is 9.48 Å². The minimum Gasteiger partial charge on any atom is -0.345 e. The third-order valence-corrected chi connectivity index (χ3v) is 6.15. The molecule has 3 aromatic rings. The highest BCUT2D eigenvalue weighted by Crippen LogP contribution is 2.32. The van der Waals surface area contributed by atoms with Gasteiger partial charge in [-0.05, 0) is 44.4 Å². The Morgan fingerprint density at radius 3 is 2.53 bits per heavy atom. The van der Waals surface area contributed by atoms with Crippen molar-refractivity contribution < 1.29 is 18.4 Å². The molecule has 1 saturated heterocycles. The molecule has 2 fully saturated rings. The Bertz CT molecular complexity index is 1200. The van der Waals surface area contributed by atoms with E-state index in [0.29, 0.717) is 49.5 Å². The highest BCUT2D eigenvalue weighted by atomic mass is 19.3. The van der Waals surface area contributed by atoms with Crippen LogP contribution in [-0.2, 0) is 13.1 Å². The van der Waals surface area contributed by atoms with E-state index >= 15 is 0 Å². The lowest BCUT2D eigenvalue weighted by Crippen LogP contribution is -2.27. The maximum Gasteiger partial charge on any atom is 0.317 e. The Morgan fingerprint density at radius 1 is 1.18 bits per heavy atom. The predicted octanol–water partition coefficient (Wildman–Crippen LogP) is 4.57. The van der Waals surface area contributed by atoms with Crippen molar-refractivity contribution in [2.75, 3.05) is 13.1 Å². The van der Waals surface area contributed by atoms with Crippen LogP contribution in [0.3, 0.4) is 0 Å². The van der Waals surface area contributed by atoms with Crippen LogP contribution >= 0.6 is 0 Å². The standard InChI is InChI=1S/C18H22N8O2.C6H10F2.C2H6/c1-12(2)26-15(3-4-21-26)17(27)20-9-14-11-25-16(23-14)7-13(8-22-25)10-24-6-5-19-18(24)28;7-6(8)4-2-1-3-5-6;1-2/h3-4,7-8,11-12H,5-6,9-10H2,1-2H3,(H,19,28)(H,20,27);1-5H2;1-2H3. The molecule has 3 aromatic heterocycles. The van der Waals surface area contributed by atoms with Gasteiger partial charge in [0.1, 0.15) is 5.69 Å². The number of carbonyl (C=O) groups excluding carboxylic acids is 2.